The van der Waals surface area contributed by atoms with Crippen LogP contribution in [-0.2, 0) is 14.9 Å². The summed E-state index contributed by atoms with van der Waals surface area (Å²) >= 11 is 0. The van der Waals surface area contributed by atoms with Gasteiger partial charge in [0.05, 0.1) is 12.7 Å². The van der Waals surface area contributed by atoms with Gasteiger partial charge in [-0.25, -0.2) is 4.79 Å². The van der Waals surface area contributed by atoms with E-state index in [2.05, 4.69) is 61.9 Å². The average Bonchev–Trinajstić information content (AvgIpc) is 2.71. The van der Waals surface area contributed by atoms with E-state index in [-0.39, 0.29) is 10.9 Å². The zero-order valence-electron chi connectivity index (χ0n) is 20.2. The number of alkyl halides is 3. The van der Waals surface area contributed by atoms with Crippen molar-refractivity contribution in [3.63, 3.8) is 0 Å². The third-order valence-electron chi connectivity index (χ3n) is 6.12. The predicted octanol–water partition coefficient (Wildman–Crippen LogP) is 6.42. The maximum absolute atomic E-state index is 13.1. The molecule has 2 aromatic carbocycles. The summed E-state index contributed by atoms with van der Waals surface area (Å²) in [7, 11) is -7.08. The molecule has 0 aliphatic heterocycles. The molecule has 0 aliphatic carbocycles. The molecule has 34 heavy (non-hydrogen) atoms. The van der Waals surface area contributed by atoms with Crippen molar-refractivity contribution >= 4 is 34.9 Å². The Balaban J connectivity index is 2.89. The Hall–Kier alpha value is -2.51. The molecule has 0 fully saturated rings. The molecular weight excluding hydrogens is 485 g/mol. The second-order valence-electron chi connectivity index (χ2n) is 9.00. The Kier molecular flexibility index (Phi) is 8.16. The van der Waals surface area contributed by atoms with Gasteiger partial charge >= 0.3 is 21.6 Å². The monoisotopic (exact) mass is 514 g/mol. The number of carbonyl (C=O) groups is 1. The van der Waals surface area contributed by atoms with E-state index in [0.29, 0.717) is 27.6 Å². The Bertz CT molecular complexity index is 1220. The van der Waals surface area contributed by atoms with E-state index in [1.807, 2.05) is 0 Å². The second-order valence-corrected chi connectivity index (χ2v) is 16.1. The molecule has 0 saturated heterocycles. The summed E-state index contributed by atoms with van der Waals surface area (Å²) < 4.78 is 72.1. The minimum Gasteiger partial charge on any atom is -0.465 e. The van der Waals surface area contributed by atoms with Crippen molar-refractivity contribution in [3.05, 3.63) is 41.5 Å². The SMILES string of the molecule is COC(=O)c1cc(OS(=O)(=O)C(F)(F)F)c2c(C#C[Si](C(C)C)(C(C)C)C(C)C)cccc2c1. The summed E-state index contributed by atoms with van der Waals surface area (Å²) in [6.07, 6.45) is 0. The van der Waals surface area contributed by atoms with E-state index in [1.54, 1.807) is 12.1 Å². The molecule has 0 saturated carbocycles. The van der Waals surface area contributed by atoms with Crippen LogP contribution >= 0.6 is 0 Å². The molecule has 5 nitrogen and oxygen atoms in total. The van der Waals surface area contributed by atoms with Crippen molar-refractivity contribution in [3.8, 4) is 17.2 Å². The zero-order valence-corrected chi connectivity index (χ0v) is 22.0. The van der Waals surface area contributed by atoms with Gasteiger partial charge in [-0.1, -0.05) is 59.6 Å². The lowest BCUT2D eigenvalue weighted by Crippen LogP contribution is -2.43. The van der Waals surface area contributed by atoms with E-state index in [1.165, 1.54) is 12.1 Å². The summed E-state index contributed by atoms with van der Waals surface area (Å²) in [4.78, 5) is 12.1. The first kappa shape index (κ1) is 27.7. The third kappa shape index (κ3) is 5.25. The zero-order chi connectivity index (χ0) is 26.1. The molecule has 0 unspecified atom stereocenters. The fourth-order valence-corrected chi connectivity index (χ4v) is 10.2. The molecule has 2 rings (SSSR count). The highest BCUT2D eigenvalue weighted by molar-refractivity contribution is 7.88. The Labute approximate surface area is 199 Å². The molecule has 0 N–H and O–H groups in total. The van der Waals surface area contributed by atoms with Gasteiger partial charge in [-0.15, -0.1) is 5.54 Å². The topological polar surface area (TPSA) is 69.7 Å². The molecule has 0 aliphatic rings. The Morgan fingerprint density at radius 1 is 1.00 bits per heavy atom. The maximum Gasteiger partial charge on any atom is 0.534 e. The summed E-state index contributed by atoms with van der Waals surface area (Å²) in [5.41, 5.74) is -1.07. The van der Waals surface area contributed by atoms with Crippen LogP contribution in [0.4, 0.5) is 13.2 Å². The first-order valence-corrected chi connectivity index (χ1v) is 14.4. The normalized spacial score (nSPS) is 12.7. The van der Waals surface area contributed by atoms with Crippen LogP contribution in [0.15, 0.2) is 30.3 Å². The fourth-order valence-electron chi connectivity index (χ4n) is 4.57. The standard InChI is InChI=1S/C24H29F3O5SSi/c1-15(2)34(16(3)4,17(5)6)12-11-18-9-8-10-19-13-20(23(28)31-7)14-21(22(18)19)32-33(29,30)24(25,26)27/h8-10,13-17H,1-7H3. The summed E-state index contributed by atoms with van der Waals surface area (Å²) in [5.74, 6) is 1.66. The lowest BCUT2D eigenvalue weighted by Gasteiger charge is -2.38. The lowest BCUT2D eigenvalue weighted by molar-refractivity contribution is -0.0499. The molecule has 186 valence electrons. The quantitative estimate of drug-likeness (QED) is 0.146. The molecule has 0 radical (unpaired) electrons. The molecule has 10 heteroatoms. The van der Waals surface area contributed by atoms with Gasteiger partial charge in [0.1, 0.15) is 8.07 Å². The molecule has 2 aromatic rings. The highest BCUT2D eigenvalue weighted by Gasteiger charge is 2.49. The van der Waals surface area contributed by atoms with Gasteiger partial charge in [-0.2, -0.15) is 21.6 Å². The van der Waals surface area contributed by atoms with Gasteiger partial charge in [-0.05, 0) is 40.2 Å². The minimum atomic E-state index is -5.98. The molecule has 0 bridgehead atoms. The summed E-state index contributed by atoms with van der Waals surface area (Å²) in [6, 6.07) is 7.11. The third-order valence-corrected chi connectivity index (χ3v) is 13.4. The van der Waals surface area contributed by atoms with Crippen molar-refractivity contribution in [2.24, 2.45) is 0 Å². The number of methoxy groups -OCH3 is 1. The van der Waals surface area contributed by atoms with Gasteiger partial charge in [-0.3, -0.25) is 0 Å². The van der Waals surface area contributed by atoms with Gasteiger partial charge in [0.2, 0.25) is 0 Å². The van der Waals surface area contributed by atoms with Crippen molar-refractivity contribution in [1.82, 2.24) is 0 Å². The van der Waals surface area contributed by atoms with Crippen LogP contribution in [0.25, 0.3) is 10.8 Å². The van der Waals surface area contributed by atoms with E-state index < -0.39 is 35.4 Å². The summed E-state index contributed by atoms with van der Waals surface area (Å²) in [5, 5.41) is 0.377. The minimum absolute atomic E-state index is 0.0784. The first-order valence-electron chi connectivity index (χ1n) is 10.8. The number of ether oxygens (including phenoxy) is 1. The van der Waals surface area contributed by atoms with Crippen LogP contribution in [0.1, 0.15) is 57.5 Å². The number of rotatable bonds is 6. The second kappa shape index (κ2) is 10.00. The van der Waals surface area contributed by atoms with Gasteiger partial charge in [0.15, 0.2) is 5.75 Å². The predicted molar refractivity (Wildman–Crippen MR) is 129 cm³/mol. The molecule has 0 atom stereocenters. The number of hydrogen-bond acceptors (Lipinski definition) is 5. The molecule has 0 amide bonds. The van der Waals surface area contributed by atoms with Crippen LogP contribution in [0, 0.1) is 11.5 Å². The lowest BCUT2D eigenvalue weighted by atomic mass is 10.0. The van der Waals surface area contributed by atoms with Gasteiger partial charge in [0, 0.05) is 10.9 Å². The van der Waals surface area contributed by atoms with Crippen LogP contribution in [0.3, 0.4) is 0 Å². The molecule has 0 spiro atoms. The Morgan fingerprint density at radius 2 is 1.56 bits per heavy atom. The number of halogens is 3. The number of benzene rings is 2. The van der Waals surface area contributed by atoms with E-state index in [4.69, 9.17) is 0 Å². The van der Waals surface area contributed by atoms with Crippen molar-refractivity contribution in [1.29, 1.82) is 0 Å². The van der Waals surface area contributed by atoms with Gasteiger partial charge < -0.3 is 8.92 Å². The number of esters is 1. The highest BCUT2D eigenvalue weighted by Crippen LogP contribution is 2.41. The van der Waals surface area contributed by atoms with E-state index in [0.717, 1.165) is 13.2 Å². The van der Waals surface area contributed by atoms with Gasteiger partial charge in [0.25, 0.3) is 0 Å². The van der Waals surface area contributed by atoms with E-state index >= 15 is 0 Å². The molecule has 0 heterocycles. The van der Waals surface area contributed by atoms with Crippen molar-refractivity contribution in [2.45, 2.75) is 63.7 Å². The maximum atomic E-state index is 13.1. The van der Waals surface area contributed by atoms with Crippen LogP contribution in [-0.4, -0.2) is 35.1 Å². The first-order chi connectivity index (χ1) is 15.6. The highest BCUT2D eigenvalue weighted by atomic mass is 32.2. The largest absolute Gasteiger partial charge is 0.534 e. The summed E-state index contributed by atoms with van der Waals surface area (Å²) in [6.45, 7) is 12.7. The number of hydrogen-bond donors (Lipinski definition) is 0. The fraction of sp³-hybridized carbons (Fsp3) is 0.458. The smallest absolute Gasteiger partial charge is 0.465 e. The van der Waals surface area contributed by atoms with E-state index in [9.17, 15) is 26.4 Å². The van der Waals surface area contributed by atoms with Crippen molar-refractivity contribution < 1.29 is 35.3 Å². The Morgan fingerprint density at radius 3 is 2.03 bits per heavy atom. The van der Waals surface area contributed by atoms with Crippen LogP contribution in [0.5, 0.6) is 5.75 Å². The van der Waals surface area contributed by atoms with Crippen LogP contribution < -0.4 is 4.18 Å². The molecular formula is C24H29F3O5SSi. The van der Waals surface area contributed by atoms with Crippen molar-refractivity contribution in [2.75, 3.05) is 7.11 Å². The number of fused-ring (bicyclic) bond motifs is 1. The average molecular weight is 515 g/mol. The molecule has 0 aromatic heterocycles. The van der Waals surface area contributed by atoms with Crippen LogP contribution in [0.2, 0.25) is 16.6 Å². The number of carbonyl (C=O) groups excluding carboxylic acids is 1.